The van der Waals surface area contributed by atoms with Gasteiger partial charge in [-0.15, -0.1) is 11.8 Å². The lowest BCUT2D eigenvalue weighted by Crippen LogP contribution is -2.04. The fraction of sp³-hybridized carbons (Fsp3) is 0.188. The van der Waals surface area contributed by atoms with Crippen LogP contribution in [0.5, 0.6) is 5.75 Å². The van der Waals surface area contributed by atoms with Crippen LogP contribution in [0.1, 0.15) is 21.5 Å². The molecule has 0 fully saturated rings. The third-order valence-corrected chi connectivity index (χ3v) is 3.99. The fourth-order valence-corrected chi connectivity index (χ4v) is 2.82. The number of hydrogen-bond acceptors (Lipinski definition) is 3. The molecular formula is C16H15FO2S. The highest BCUT2D eigenvalue weighted by atomic mass is 32.2. The first kappa shape index (κ1) is 14.6. The summed E-state index contributed by atoms with van der Waals surface area (Å²) in [4.78, 5) is 11.9. The maximum atomic E-state index is 13.1. The normalized spacial score (nSPS) is 10.5. The van der Waals surface area contributed by atoms with Crippen molar-refractivity contribution in [2.75, 3.05) is 5.75 Å². The Bertz CT molecular complexity index is 626. The number of aromatic hydroxyl groups is 1. The van der Waals surface area contributed by atoms with E-state index in [9.17, 15) is 14.3 Å². The quantitative estimate of drug-likeness (QED) is 0.847. The molecule has 0 amide bonds. The van der Waals surface area contributed by atoms with Gasteiger partial charge in [-0.1, -0.05) is 24.3 Å². The van der Waals surface area contributed by atoms with Crippen molar-refractivity contribution < 1.29 is 14.3 Å². The van der Waals surface area contributed by atoms with Gasteiger partial charge < -0.3 is 5.11 Å². The highest BCUT2D eigenvalue weighted by Crippen LogP contribution is 2.22. The van der Waals surface area contributed by atoms with Gasteiger partial charge in [0.15, 0.2) is 5.78 Å². The number of hydrogen-bond donors (Lipinski definition) is 1. The second-order valence-electron chi connectivity index (χ2n) is 4.50. The standard InChI is InChI=1S/C16H15FO2S/c1-11-4-2-3-5-12(11)9-20-10-16(19)14-8-13(17)6-7-15(14)18/h2-8,18H,9-10H2,1H3. The van der Waals surface area contributed by atoms with Crippen LogP contribution in [-0.2, 0) is 5.75 Å². The number of halogens is 1. The Morgan fingerprint density at radius 2 is 2.00 bits per heavy atom. The molecule has 0 aliphatic carbocycles. The molecule has 0 unspecified atom stereocenters. The van der Waals surface area contributed by atoms with Crippen LogP contribution in [0.25, 0.3) is 0 Å². The number of carbonyl (C=O) groups excluding carboxylic acids is 1. The van der Waals surface area contributed by atoms with Gasteiger partial charge >= 0.3 is 0 Å². The van der Waals surface area contributed by atoms with Crippen LogP contribution < -0.4 is 0 Å². The van der Waals surface area contributed by atoms with Crippen LogP contribution in [0, 0.1) is 12.7 Å². The summed E-state index contributed by atoms with van der Waals surface area (Å²) in [6.45, 7) is 2.02. The third-order valence-electron chi connectivity index (χ3n) is 3.01. The Morgan fingerprint density at radius 3 is 2.75 bits per heavy atom. The van der Waals surface area contributed by atoms with E-state index in [1.165, 1.54) is 29.0 Å². The number of rotatable bonds is 5. The molecule has 2 aromatic carbocycles. The van der Waals surface area contributed by atoms with Crippen molar-refractivity contribution in [2.24, 2.45) is 0 Å². The molecule has 2 aromatic rings. The van der Waals surface area contributed by atoms with E-state index in [0.29, 0.717) is 5.75 Å². The number of Topliss-reactive ketones (excluding diaryl/α,β-unsaturated/α-hetero) is 1. The first-order valence-corrected chi connectivity index (χ1v) is 7.37. The van der Waals surface area contributed by atoms with E-state index < -0.39 is 5.82 Å². The largest absolute Gasteiger partial charge is 0.507 e. The molecule has 1 N–H and O–H groups in total. The number of aryl methyl sites for hydroxylation is 1. The summed E-state index contributed by atoms with van der Waals surface area (Å²) in [5.74, 6) is -0.0247. The van der Waals surface area contributed by atoms with Gasteiger partial charge in [0.1, 0.15) is 11.6 Å². The Kier molecular flexibility index (Phi) is 4.79. The summed E-state index contributed by atoms with van der Waals surface area (Å²) in [6, 6.07) is 11.4. The van der Waals surface area contributed by atoms with Gasteiger partial charge in [-0.05, 0) is 36.2 Å². The lowest BCUT2D eigenvalue weighted by atomic mass is 10.1. The zero-order chi connectivity index (χ0) is 14.5. The van der Waals surface area contributed by atoms with Crippen molar-refractivity contribution >= 4 is 17.5 Å². The van der Waals surface area contributed by atoms with Crippen LogP contribution in [-0.4, -0.2) is 16.6 Å². The zero-order valence-electron chi connectivity index (χ0n) is 11.1. The lowest BCUT2D eigenvalue weighted by Gasteiger charge is -2.06. The Hall–Kier alpha value is -1.81. The molecule has 104 valence electrons. The van der Waals surface area contributed by atoms with E-state index in [0.717, 1.165) is 12.1 Å². The summed E-state index contributed by atoms with van der Waals surface area (Å²) in [6.07, 6.45) is 0. The molecular weight excluding hydrogens is 275 g/mol. The number of carbonyl (C=O) groups is 1. The van der Waals surface area contributed by atoms with Crippen LogP contribution in [0.2, 0.25) is 0 Å². The van der Waals surface area contributed by atoms with E-state index in [1.807, 2.05) is 31.2 Å². The second kappa shape index (κ2) is 6.57. The first-order valence-electron chi connectivity index (χ1n) is 6.22. The molecule has 0 aromatic heterocycles. The maximum absolute atomic E-state index is 13.1. The van der Waals surface area contributed by atoms with Crippen molar-refractivity contribution in [1.29, 1.82) is 0 Å². The summed E-state index contributed by atoms with van der Waals surface area (Å²) in [5, 5.41) is 9.57. The average molecular weight is 290 g/mol. The second-order valence-corrected chi connectivity index (χ2v) is 5.49. The van der Waals surface area contributed by atoms with Crippen molar-refractivity contribution in [3.63, 3.8) is 0 Å². The summed E-state index contributed by atoms with van der Waals surface area (Å²) < 4.78 is 13.1. The van der Waals surface area contributed by atoms with Crippen LogP contribution >= 0.6 is 11.8 Å². The number of phenols is 1. The van der Waals surface area contributed by atoms with E-state index in [2.05, 4.69) is 0 Å². The zero-order valence-corrected chi connectivity index (χ0v) is 11.9. The predicted octanol–water partition coefficient (Wildman–Crippen LogP) is 3.96. The fourth-order valence-electron chi connectivity index (χ4n) is 1.84. The predicted molar refractivity (Wildman–Crippen MR) is 79.7 cm³/mol. The number of phenolic OH excluding ortho intramolecular Hbond substituents is 1. The first-order chi connectivity index (χ1) is 9.58. The summed E-state index contributed by atoms with van der Waals surface area (Å²) >= 11 is 1.45. The van der Waals surface area contributed by atoms with Crippen molar-refractivity contribution in [1.82, 2.24) is 0 Å². The van der Waals surface area contributed by atoms with Gasteiger partial charge in [0.25, 0.3) is 0 Å². The minimum atomic E-state index is -0.518. The lowest BCUT2D eigenvalue weighted by molar-refractivity contribution is 0.101. The van der Waals surface area contributed by atoms with Gasteiger partial charge in [0.05, 0.1) is 11.3 Å². The summed E-state index contributed by atoms with van der Waals surface area (Å²) in [5.41, 5.74) is 2.40. The minimum absolute atomic E-state index is 0.0438. The Balaban J connectivity index is 1.96. The van der Waals surface area contributed by atoms with Gasteiger partial charge in [-0.25, -0.2) is 4.39 Å². The van der Waals surface area contributed by atoms with Crippen molar-refractivity contribution in [2.45, 2.75) is 12.7 Å². The molecule has 0 aliphatic rings. The topological polar surface area (TPSA) is 37.3 Å². The molecule has 0 saturated carbocycles. The van der Waals surface area contributed by atoms with Crippen LogP contribution in [0.4, 0.5) is 4.39 Å². The van der Waals surface area contributed by atoms with Crippen LogP contribution in [0.3, 0.4) is 0 Å². The number of thioether (sulfide) groups is 1. The van der Waals surface area contributed by atoms with Gasteiger partial charge in [0, 0.05) is 5.75 Å². The molecule has 2 nitrogen and oxygen atoms in total. The smallest absolute Gasteiger partial charge is 0.176 e. The van der Waals surface area contributed by atoms with Gasteiger partial charge in [0.2, 0.25) is 0 Å². The average Bonchev–Trinajstić information content (AvgIpc) is 2.43. The Morgan fingerprint density at radius 1 is 1.25 bits per heavy atom. The molecule has 0 heterocycles. The summed E-state index contributed by atoms with van der Waals surface area (Å²) in [7, 11) is 0. The molecule has 20 heavy (non-hydrogen) atoms. The van der Waals surface area contributed by atoms with E-state index in [1.54, 1.807) is 0 Å². The Labute approximate surface area is 121 Å². The van der Waals surface area contributed by atoms with Gasteiger partial charge in [-0.2, -0.15) is 0 Å². The van der Waals surface area contributed by atoms with E-state index in [4.69, 9.17) is 0 Å². The highest BCUT2D eigenvalue weighted by Gasteiger charge is 2.12. The van der Waals surface area contributed by atoms with E-state index in [-0.39, 0.29) is 22.8 Å². The highest BCUT2D eigenvalue weighted by molar-refractivity contribution is 7.99. The molecule has 0 bridgehead atoms. The molecule has 0 spiro atoms. The molecule has 2 rings (SSSR count). The minimum Gasteiger partial charge on any atom is -0.507 e. The SMILES string of the molecule is Cc1ccccc1CSCC(=O)c1cc(F)ccc1O. The number of ketones is 1. The van der Waals surface area contributed by atoms with Gasteiger partial charge in [-0.3, -0.25) is 4.79 Å². The van der Waals surface area contributed by atoms with E-state index >= 15 is 0 Å². The monoisotopic (exact) mass is 290 g/mol. The van der Waals surface area contributed by atoms with Crippen molar-refractivity contribution in [3.8, 4) is 5.75 Å². The maximum Gasteiger partial charge on any atom is 0.176 e. The van der Waals surface area contributed by atoms with Crippen molar-refractivity contribution in [3.05, 3.63) is 65.0 Å². The molecule has 0 atom stereocenters. The molecule has 0 radical (unpaired) electrons. The molecule has 0 aliphatic heterocycles. The number of benzene rings is 2. The molecule has 4 heteroatoms. The third kappa shape index (κ3) is 3.61. The molecule has 0 saturated heterocycles. The van der Waals surface area contributed by atoms with Crippen LogP contribution in [0.15, 0.2) is 42.5 Å².